The number of nitrogens with one attached hydrogen (secondary N) is 1. The molecule has 6 heteroatoms. The van der Waals surface area contributed by atoms with Gasteiger partial charge in [0.05, 0.1) is 11.3 Å². The fourth-order valence-corrected chi connectivity index (χ4v) is 1.81. The maximum Gasteiger partial charge on any atom is 0.416 e. The van der Waals surface area contributed by atoms with Gasteiger partial charge in [-0.1, -0.05) is 13.8 Å². The van der Waals surface area contributed by atoms with Crippen molar-refractivity contribution in [2.24, 2.45) is 11.7 Å². The summed E-state index contributed by atoms with van der Waals surface area (Å²) in [5, 5.41) is 2.84. The summed E-state index contributed by atoms with van der Waals surface area (Å²) in [6.45, 7) is 4.28. The number of rotatable bonds is 5. The molecule has 0 aliphatic rings. The fraction of sp³-hybridized carbons (Fsp3) is 0.538. The van der Waals surface area contributed by atoms with Crippen molar-refractivity contribution < 1.29 is 17.6 Å². The van der Waals surface area contributed by atoms with Crippen LogP contribution in [0, 0.1) is 11.7 Å². The van der Waals surface area contributed by atoms with Gasteiger partial charge in [-0.25, -0.2) is 4.39 Å². The third-order valence-corrected chi connectivity index (χ3v) is 2.70. The molecule has 0 aromatic heterocycles. The Bertz CT molecular complexity index is 416. The molecule has 0 heterocycles. The first kappa shape index (κ1) is 15.8. The van der Waals surface area contributed by atoms with E-state index in [9.17, 15) is 17.6 Å². The van der Waals surface area contributed by atoms with Crippen molar-refractivity contribution in [3.05, 3.63) is 29.6 Å². The van der Waals surface area contributed by atoms with Crippen molar-refractivity contribution >= 4 is 5.69 Å². The van der Waals surface area contributed by atoms with Crippen molar-refractivity contribution in [1.29, 1.82) is 0 Å². The topological polar surface area (TPSA) is 38.0 Å². The summed E-state index contributed by atoms with van der Waals surface area (Å²) in [6, 6.07) is 2.28. The van der Waals surface area contributed by atoms with Crippen LogP contribution < -0.4 is 11.1 Å². The van der Waals surface area contributed by atoms with Crippen LogP contribution in [0.4, 0.5) is 23.2 Å². The molecular weight excluding hydrogens is 260 g/mol. The molecule has 0 radical (unpaired) electrons. The Hall–Kier alpha value is -1.30. The van der Waals surface area contributed by atoms with Gasteiger partial charge in [0.1, 0.15) is 5.82 Å². The van der Waals surface area contributed by atoms with Gasteiger partial charge in [-0.05, 0) is 30.5 Å². The van der Waals surface area contributed by atoms with Gasteiger partial charge in [-0.2, -0.15) is 13.2 Å². The molecule has 1 aromatic carbocycles. The Labute approximate surface area is 110 Å². The second-order valence-corrected chi connectivity index (χ2v) is 4.90. The molecule has 0 saturated carbocycles. The highest BCUT2D eigenvalue weighted by molar-refractivity contribution is 5.47. The molecule has 0 spiro atoms. The molecule has 0 aliphatic carbocycles. The highest BCUT2D eigenvalue weighted by atomic mass is 19.4. The van der Waals surface area contributed by atoms with E-state index in [0.717, 1.165) is 18.6 Å². The maximum absolute atomic E-state index is 13.6. The van der Waals surface area contributed by atoms with E-state index >= 15 is 0 Å². The average Bonchev–Trinajstić information content (AvgIpc) is 2.28. The van der Waals surface area contributed by atoms with Crippen LogP contribution in [0.2, 0.25) is 0 Å². The normalized spacial score (nSPS) is 13.7. The summed E-state index contributed by atoms with van der Waals surface area (Å²) in [5.74, 6) is -0.560. The summed E-state index contributed by atoms with van der Waals surface area (Å²) < 4.78 is 50.8. The van der Waals surface area contributed by atoms with E-state index in [1.54, 1.807) is 0 Å². The van der Waals surface area contributed by atoms with E-state index in [4.69, 9.17) is 5.73 Å². The van der Waals surface area contributed by atoms with E-state index in [1.807, 2.05) is 13.8 Å². The molecule has 0 fully saturated rings. The highest BCUT2D eigenvalue weighted by Gasteiger charge is 2.31. The Morgan fingerprint density at radius 2 is 1.89 bits per heavy atom. The predicted molar refractivity (Wildman–Crippen MR) is 67.3 cm³/mol. The first-order valence-electron chi connectivity index (χ1n) is 6.07. The third kappa shape index (κ3) is 4.70. The second-order valence-electron chi connectivity index (χ2n) is 4.90. The Morgan fingerprint density at radius 3 is 2.32 bits per heavy atom. The molecule has 3 N–H and O–H groups in total. The number of nitrogens with two attached hydrogens (primary N) is 1. The summed E-state index contributed by atoms with van der Waals surface area (Å²) in [7, 11) is 0. The smallest absolute Gasteiger partial charge is 0.379 e. The molecule has 0 saturated heterocycles. The molecule has 108 valence electrons. The van der Waals surface area contributed by atoms with Crippen LogP contribution in [0.5, 0.6) is 0 Å². The van der Waals surface area contributed by atoms with Crippen molar-refractivity contribution in [3.8, 4) is 0 Å². The summed E-state index contributed by atoms with van der Waals surface area (Å²) in [6.07, 6.45) is -3.82. The zero-order valence-corrected chi connectivity index (χ0v) is 10.9. The maximum atomic E-state index is 13.6. The van der Waals surface area contributed by atoms with Gasteiger partial charge < -0.3 is 11.1 Å². The summed E-state index contributed by atoms with van der Waals surface area (Å²) in [5.41, 5.74) is 4.60. The molecule has 1 atom stereocenters. The monoisotopic (exact) mass is 278 g/mol. The van der Waals surface area contributed by atoms with Crippen molar-refractivity contribution in [1.82, 2.24) is 0 Å². The summed E-state index contributed by atoms with van der Waals surface area (Å²) in [4.78, 5) is 0. The molecular formula is C13H18F4N2. The average molecular weight is 278 g/mol. The minimum absolute atomic E-state index is 0.0455. The second kappa shape index (κ2) is 6.23. The first-order valence-corrected chi connectivity index (χ1v) is 6.07. The lowest BCUT2D eigenvalue weighted by Crippen LogP contribution is -2.30. The third-order valence-electron chi connectivity index (χ3n) is 2.70. The van der Waals surface area contributed by atoms with Gasteiger partial charge in [0.15, 0.2) is 0 Å². The van der Waals surface area contributed by atoms with Crippen LogP contribution in [0.3, 0.4) is 0 Å². The van der Waals surface area contributed by atoms with Gasteiger partial charge in [0.25, 0.3) is 0 Å². The van der Waals surface area contributed by atoms with Crippen LogP contribution in [-0.2, 0) is 6.18 Å². The van der Waals surface area contributed by atoms with Gasteiger partial charge in [-0.3, -0.25) is 0 Å². The van der Waals surface area contributed by atoms with Crippen LogP contribution in [0.25, 0.3) is 0 Å². The van der Waals surface area contributed by atoms with Crippen LogP contribution in [0.15, 0.2) is 18.2 Å². The molecule has 19 heavy (non-hydrogen) atoms. The van der Waals surface area contributed by atoms with Crippen molar-refractivity contribution in [2.45, 2.75) is 32.5 Å². The predicted octanol–water partition coefficient (Wildman–Crippen LogP) is 3.63. The largest absolute Gasteiger partial charge is 0.416 e. The van der Waals surface area contributed by atoms with Gasteiger partial charge in [0, 0.05) is 12.6 Å². The molecule has 1 rings (SSSR count). The quantitative estimate of drug-likeness (QED) is 0.807. The number of halogens is 4. The lowest BCUT2D eigenvalue weighted by atomic mass is 10.0. The minimum atomic E-state index is -4.54. The van der Waals surface area contributed by atoms with Gasteiger partial charge >= 0.3 is 6.18 Å². The van der Waals surface area contributed by atoms with E-state index in [2.05, 4.69) is 5.32 Å². The molecule has 1 unspecified atom stereocenters. The minimum Gasteiger partial charge on any atom is -0.379 e. The number of hydrogen-bond acceptors (Lipinski definition) is 2. The molecule has 0 bridgehead atoms. The Morgan fingerprint density at radius 1 is 1.26 bits per heavy atom. The van der Waals surface area contributed by atoms with Crippen LogP contribution >= 0.6 is 0 Å². The van der Waals surface area contributed by atoms with E-state index in [1.165, 1.54) is 0 Å². The molecule has 1 aromatic rings. The van der Waals surface area contributed by atoms with Gasteiger partial charge in [0.2, 0.25) is 0 Å². The van der Waals surface area contributed by atoms with Crippen LogP contribution in [0.1, 0.15) is 25.8 Å². The zero-order valence-electron chi connectivity index (χ0n) is 10.9. The first-order chi connectivity index (χ1) is 8.74. The summed E-state index contributed by atoms with van der Waals surface area (Å²) >= 11 is 0. The number of anilines is 1. The molecule has 2 nitrogen and oxygen atoms in total. The lowest BCUT2D eigenvalue weighted by molar-refractivity contribution is -0.137. The van der Waals surface area contributed by atoms with Crippen molar-refractivity contribution in [2.75, 3.05) is 11.9 Å². The van der Waals surface area contributed by atoms with Crippen molar-refractivity contribution in [3.63, 3.8) is 0 Å². The zero-order chi connectivity index (χ0) is 14.6. The number of benzene rings is 1. The van der Waals surface area contributed by atoms with E-state index in [0.29, 0.717) is 18.5 Å². The molecule has 0 amide bonds. The Balaban J connectivity index is 2.85. The highest BCUT2D eigenvalue weighted by Crippen LogP contribution is 2.31. The Kier molecular flexibility index (Phi) is 5.17. The van der Waals surface area contributed by atoms with E-state index in [-0.39, 0.29) is 11.7 Å². The molecule has 0 aliphatic heterocycles. The van der Waals surface area contributed by atoms with E-state index < -0.39 is 17.6 Å². The fourth-order valence-electron chi connectivity index (χ4n) is 1.81. The number of hydrogen-bond donors (Lipinski definition) is 2. The standard InChI is InChI=1S/C13H18F4N2/c1-8(2)5-10(7-18)19-12-4-3-9(6-11(12)14)13(15,16)17/h3-4,6,8,10,19H,5,7,18H2,1-2H3. The van der Waals surface area contributed by atoms with Gasteiger partial charge in [-0.15, -0.1) is 0 Å². The lowest BCUT2D eigenvalue weighted by Gasteiger charge is -2.20. The van der Waals surface area contributed by atoms with Crippen LogP contribution in [-0.4, -0.2) is 12.6 Å². The SMILES string of the molecule is CC(C)CC(CN)Nc1ccc(C(F)(F)F)cc1F. The number of alkyl halides is 3.